The fraction of sp³-hybridized carbons (Fsp3) is 1.00. The molecule has 0 aromatic carbocycles. The van der Waals surface area contributed by atoms with Crippen molar-refractivity contribution in [3.8, 4) is 0 Å². The number of aliphatic hydroxyl groups excluding tert-OH is 1. The van der Waals surface area contributed by atoms with E-state index in [1.165, 1.54) is 12.8 Å². The fourth-order valence-corrected chi connectivity index (χ4v) is 2.58. The third kappa shape index (κ3) is 0.944. The normalized spacial score (nSPS) is 41.0. The zero-order valence-corrected chi connectivity index (χ0v) is 8.01. The lowest BCUT2D eigenvalue weighted by atomic mass is 9.87. The van der Waals surface area contributed by atoms with Crippen molar-refractivity contribution in [2.24, 2.45) is 22.5 Å². The number of aliphatic hydroxyl groups is 1. The summed E-state index contributed by atoms with van der Waals surface area (Å²) in [7, 11) is 0. The van der Waals surface area contributed by atoms with Crippen molar-refractivity contribution in [2.75, 3.05) is 6.54 Å². The van der Waals surface area contributed by atoms with Crippen LogP contribution in [-0.4, -0.2) is 17.8 Å². The minimum absolute atomic E-state index is 0.0637. The predicted molar refractivity (Wildman–Crippen MR) is 48.6 cm³/mol. The van der Waals surface area contributed by atoms with Crippen LogP contribution in [0.15, 0.2) is 0 Å². The highest BCUT2D eigenvalue weighted by atomic mass is 16.3. The van der Waals surface area contributed by atoms with Crippen molar-refractivity contribution >= 4 is 0 Å². The van der Waals surface area contributed by atoms with Crippen molar-refractivity contribution in [1.82, 2.24) is 0 Å². The van der Waals surface area contributed by atoms with Gasteiger partial charge in [0.25, 0.3) is 0 Å². The van der Waals surface area contributed by atoms with Gasteiger partial charge in [-0.25, -0.2) is 0 Å². The highest BCUT2D eigenvalue weighted by molar-refractivity contribution is 5.16. The Kier molecular flexibility index (Phi) is 1.59. The lowest BCUT2D eigenvalue weighted by Gasteiger charge is -2.24. The molecule has 2 nitrogen and oxygen atoms in total. The molecule has 0 heterocycles. The molecule has 0 aliphatic heterocycles. The van der Waals surface area contributed by atoms with Crippen LogP contribution in [0.3, 0.4) is 0 Å². The molecule has 0 aromatic heterocycles. The summed E-state index contributed by atoms with van der Waals surface area (Å²) in [5.74, 6) is 0.565. The molecular weight excluding hydrogens is 150 g/mol. The average Bonchev–Trinajstić information content (AvgIpc) is 2.83. The van der Waals surface area contributed by atoms with Crippen LogP contribution >= 0.6 is 0 Å². The Labute approximate surface area is 74.1 Å². The predicted octanol–water partition coefficient (Wildman–Crippen LogP) is 1.13. The summed E-state index contributed by atoms with van der Waals surface area (Å²) in [6.07, 6.45) is 3.39. The van der Waals surface area contributed by atoms with Crippen LogP contribution < -0.4 is 5.73 Å². The molecule has 0 bridgehead atoms. The van der Waals surface area contributed by atoms with Crippen LogP contribution in [0.5, 0.6) is 0 Å². The van der Waals surface area contributed by atoms with Crippen LogP contribution in [0.1, 0.15) is 33.1 Å². The Morgan fingerprint density at radius 2 is 2.00 bits per heavy atom. The number of hydrogen-bond acceptors (Lipinski definition) is 2. The second-order valence-electron chi connectivity index (χ2n) is 5.20. The Balaban J connectivity index is 2.09. The molecule has 0 saturated heterocycles. The van der Waals surface area contributed by atoms with Gasteiger partial charge in [0, 0.05) is 12.0 Å². The van der Waals surface area contributed by atoms with E-state index in [9.17, 15) is 5.11 Å². The maximum atomic E-state index is 10.0. The van der Waals surface area contributed by atoms with E-state index in [1.54, 1.807) is 0 Å². The monoisotopic (exact) mass is 169 g/mol. The fourth-order valence-electron chi connectivity index (χ4n) is 2.58. The second-order valence-corrected chi connectivity index (χ2v) is 5.20. The molecule has 2 saturated carbocycles. The van der Waals surface area contributed by atoms with Gasteiger partial charge in [-0.3, -0.25) is 0 Å². The van der Waals surface area contributed by atoms with Crippen LogP contribution in [0.25, 0.3) is 0 Å². The first kappa shape index (κ1) is 8.52. The van der Waals surface area contributed by atoms with Crippen LogP contribution in [0.4, 0.5) is 0 Å². The van der Waals surface area contributed by atoms with E-state index in [2.05, 4.69) is 13.8 Å². The molecule has 70 valence electrons. The molecule has 0 amide bonds. The van der Waals surface area contributed by atoms with Crippen molar-refractivity contribution < 1.29 is 5.11 Å². The summed E-state index contributed by atoms with van der Waals surface area (Å²) < 4.78 is 0. The Bertz CT molecular complexity index is 198. The summed E-state index contributed by atoms with van der Waals surface area (Å²) in [4.78, 5) is 0. The van der Waals surface area contributed by atoms with Gasteiger partial charge in [0.05, 0.1) is 6.10 Å². The Morgan fingerprint density at radius 3 is 2.25 bits per heavy atom. The topological polar surface area (TPSA) is 46.2 Å². The zero-order valence-electron chi connectivity index (χ0n) is 8.01. The van der Waals surface area contributed by atoms with E-state index in [4.69, 9.17) is 5.73 Å². The maximum Gasteiger partial charge on any atom is 0.0641 e. The van der Waals surface area contributed by atoms with Gasteiger partial charge in [-0.1, -0.05) is 13.8 Å². The molecule has 2 rings (SSSR count). The molecule has 12 heavy (non-hydrogen) atoms. The first-order chi connectivity index (χ1) is 5.53. The quantitative estimate of drug-likeness (QED) is 0.665. The Morgan fingerprint density at radius 1 is 1.50 bits per heavy atom. The van der Waals surface area contributed by atoms with Gasteiger partial charge in [-0.15, -0.1) is 0 Å². The minimum atomic E-state index is -0.127. The first-order valence-corrected chi connectivity index (χ1v) is 4.92. The van der Waals surface area contributed by atoms with Crippen molar-refractivity contribution in [3.63, 3.8) is 0 Å². The molecule has 3 N–H and O–H groups in total. The summed E-state index contributed by atoms with van der Waals surface area (Å²) >= 11 is 0. The van der Waals surface area contributed by atoms with Gasteiger partial charge in [0.2, 0.25) is 0 Å². The summed E-state index contributed by atoms with van der Waals surface area (Å²) in [5.41, 5.74) is 6.10. The Hall–Kier alpha value is -0.0800. The van der Waals surface area contributed by atoms with Crippen LogP contribution in [0, 0.1) is 16.7 Å². The maximum absolute atomic E-state index is 10.0. The number of nitrogens with two attached hydrogens (primary N) is 1. The molecule has 2 fully saturated rings. The molecule has 0 spiro atoms. The van der Waals surface area contributed by atoms with Crippen molar-refractivity contribution in [1.29, 1.82) is 0 Å². The molecule has 0 aromatic rings. The zero-order chi connectivity index (χ0) is 8.98. The molecule has 2 aliphatic rings. The van der Waals surface area contributed by atoms with Crippen molar-refractivity contribution in [2.45, 2.75) is 39.2 Å². The standard InChI is InChI=1S/C10H19NO/c1-9(2)5-10(9,6-11)8(12)7-3-4-7/h7-8,12H,3-6,11H2,1-2H3. The number of rotatable bonds is 3. The molecule has 2 heteroatoms. The highest BCUT2D eigenvalue weighted by Gasteiger charge is 2.66. The molecule has 2 unspecified atom stereocenters. The van der Waals surface area contributed by atoms with Gasteiger partial charge in [-0.2, -0.15) is 0 Å². The molecule has 2 aliphatic carbocycles. The van der Waals surface area contributed by atoms with Crippen LogP contribution in [-0.2, 0) is 0 Å². The van der Waals surface area contributed by atoms with Crippen LogP contribution in [0.2, 0.25) is 0 Å². The summed E-state index contributed by atoms with van der Waals surface area (Å²) in [5, 5.41) is 10.0. The lowest BCUT2D eigenvalue weighted by Crippen LogP contribution is -2.35. The molecule has 2 atom stereocenters. The van der Waals surface area contributed by atoms with E-state index in [-0.39, 0.29) is 16.9 Å². The smallest absolute Gasteiger partial charge is 0.0641 e. The summed E-state index contributed by atoms with van der Waals surface area (Å²) in [6, 6.07) is 0. The molecular formula is C10H19NO. The van der Waals surface area contributed by atoms with E-state index < -0.39 is 0 Å². The third-order valence-corrected chi connectivity index (χ3v) is 3.98. The van der Waals surface area contributed by atoms with Gasteiger partial charge >= 0.3 is 0 Å². The van der Waals surface area contributed by atoms with E-state index in [1.807, 2.05) is 0 Å². The highest BCUT2D eigenvalue weighted by Crippen LogP contribution is 2.67. The van der Waals surface area contributed by atoms with Gasteiger partial charge in [0.1, 0.15) is 0 Å². The SMILES string of the molecule is CC1(C)CC1(CN)C(O)C1CC1. The van der Waals surface area contributed by atoms with E-state index in [0.717, 1.165) is 6.42 Å². The van der Waals surface area contributed by atoms with Gasteiger partial charge < -0.3 is 10.8 Å². The largest absolute Gasteiger partial charge is 0.392 e. The van der Waals surface area contributed by atoms with E-state index >= 15 is 0 Å². The lowest BCUT2D eigenvalue weighted by molar-refractivity contribution is 0.0559. The second kappa shape index (κ2) is 2.24. The van der Waals surface area contributed by atoms with Gasteiger partial charge in [-0.05, 0) is 30.6 Å². The van der Waals surface area contributed by atoms with Crippen molar-refractivity contribution in [3.05, 3.63) is 0 Å². The number of hydrogen-bond donors (Lipinski definition) is 2. The summed E-state index contributed by atoms with van der Waals surface area (Å²) in [6.45, 7) is 5.08. The third-order valence-electron chi connectivity index (χ3n) is 3.98. The van der Waals surface area contributed by atoms with E-state index in [0.29, 0.717) is 12.5 Å². The minimum Gasteiger partial charge on any atom is -0.392 e. The first-order valence-electron chi connectivity index (χ1n) is 4.92. The van der Waals surface area contributed by atoms with Gasteiger partial charge in [0.15, 0.2) is 0 Å². The average molecular weight is 169 g/mol. The molecule has 0 radical (unpaired) electrons.